The molecule has 1 saturated carbocycles. The number of carbonyl (C=O) groups is 1. The van der Waals surface area contributed by atoms with Crippen LogP contribution >= 0.6 is 11.8 Å². The van der Waals surface area contributed by atoms with Crippen LogP contribution in [0.1, 0.15) is 12.8 Å². The normalized spacial score (nSPS) is 16.5. The van der Waals surface area contributed by atoms with Crippen LogP contribution in [0.25, 0.3) is 0 Å². The zero-order chi connectivity index (χ0) is 12.1. The lowest BCUT2D eigenvalue weighted by molar-refractivity contribution is -0.142. The van der Waals surface area contributed by atoms with Crippen LogP contribution in [0, 0.1) is 0 Å². The van der Waals surface area contributed by atoms with Gasteiger partial charge in [-0.05, 0) is 25.0 Å². The van der Waals surface area contributed by atoms with E-state index in [1.807, 2.05) is 18.2 Å². The summed E-state index contributed by atoms with van der Waals surface area (Å²) in [6, 6.07) is 10.4. The fourth-order valence-electron chi connectivity index (χ4n) is 1.56. The van der Waals surface area contributed by atoms with E-state index in [0.29, 0.717) is 11.8 Å². The first-order valence-electron chi connectivity index (χ1n) is 5.81. The molecule has 1 N–H and O–H groups in total. The summed E-state index contributed by atoms with van der Waals surface area (Å²) in [5.41, 5.74) is 0. The van der Waals surface area contributed by atoms with E-state index in [2.05, 4.69) is 17.4 Å². The SMILES string of the molecule is COC(=O)C(CSc1ccccc1)NC1CC1. The van der Waals surface area contributed by atoms with Crippen LogP contribution in [0.3, 0.4) is 0 Å². The molecule has 17 heavy (non-hydrogen) atoms. The summed E-state index contributed by atoms with van der Waals surface area (Å²) in [6.45, 7) is 0. The summed E-state index contributed by atoms with van der Waals surface area (Å²) >= 11 is 1.68. The molecule has 1 aliphatic carbocycles. The summed E-state index contributed by atoms with van der Waals surface area (Å²) in [4.78, 5) is 12.8. The van der Waals surface area contributed by atoms with Gasteiger partial charge in [-0.15, -0.1) is 11.8 Å². The topological polar surface area (TPSA) is 38.3 Å². The number of thioether (sulfide) groups is 1. The van der Waals surface area contributed by atoms with Gasteiger partial charge in [-0.3, -0.25) is 4.79 Å². The monoisotopic (exact) mass is 251 g/mol. The largest absolute Gasteiger partial charge is 0.468 e. The fraction of sp³-hybridized carbons (Fsp3) is 0.462. The molecule has 0 saturated heterocycles. The highest BCUT2D eigenvalue weighted by Gasteiger charge is 2.28. The molecule has 1 fully saturated rings. The molecule has 3 nitrogen and oxygen atoms in total. The number of hydrogen-bond acceptors (Lipinski definition) is 4. The van der Waals surface area contributed by atoms with E-state index in [0.717, 1.165) is 0 Å². The number of rotatable bonds is 6. The van der Waals surface area contributed by atoms with Gasteiger partial charge in [-0.1, -0.05) is 18.2 Å². The molecule has 0 aliphatic heterocycles. The Morgan fingerprint density at radius 1 is 1.47 bits per heavy atom. The third kappa shape index (κ3) is 4.06. The molecule has 4 heteroatoms. The van der Waals surface area contributed by atoms with Gasteiger partial charge in [0.2, 0.25) is 0 Å². The highest BCUT2D eigenvalue weighted by Crippen LogP contribution is 2.23. The first-order chi connectivity index (χ1) is 8.29. The predicted octanol–water partition coefficient (Wildman–Crippen LogP) is 2.07. The molecule has 0 heterocycles. The van der Waals surface area contributed by atoms with Crippen LogP contribution < -0.4 is 5.32 Å². The minimum absolute atomic E-state index is 0.166. The van der Waals surface area contributed by atoms with Crippen molar-refractivity contribution in [2.24, 2.45) is 0 Å². The Labute approximate surface area is 106 Å². The average Bonchev–Trinajstić information content (AvgIpc) is 3.18. The molecule has 0 bridgehead atoms. The van der Waals surface area contributed by atoms with Gasteiger partial charge in [0.05, 0.1) is 7.11 Å². The standard InChI is InChI=1S/C13H17NO2S/c1-16-13(15)12(14-10-7-8-10)9-17-11-5-3-2-4-6-11/h2-6,10,12,14H,7-9H2,1H3. The molecule has 0 aromatic heterocycles. The van der Waals surface area contributed by atoms with E-state index in [9.17, 15) is 4.79 Å². The number of carbonyl (C=O) groups excluding carboxylic acids is 1. The van der Waals surface area contributed by atoms with Crippen molar-refractivity contribution in [3.8, 4) is 0 Å². The van der Waals surface area contributed by atoms with Crippen LogP contribution in [0.4, 0.5) is 0 Å². The lowest BCUT2D eigenvalue weighted by atomic mass is 10.3. The molecule has 0 radical (unpaired) electrons. The Hall–Kier alpha value is -1.00. The van der Waals surface area contributed by atoms with E-state index < -0.39 is 0 Å². The lowest BCUT2D eigenvalue weighted by Crippen LogP contribution is -2.40. The Kier molecular flexibility index (Phi) is 4.45. The quantitative estimate of drug-likeness (QED) is 0.620. The van der Waals surface area contributed by atoms with Crippen molar-refractivity contribution in [3.63, 3.8) is 0 Å². The summed E-state index contributed by atoms with van der Waals surface area (Å²) < 4.78 is 4.81. The molecule has 92 valence electrons. The molecule has 1 unspecified atom stereocenters. The molecule has 0 spiro atoms. The van der Waals surface area contributed by atoms with Crippen LogP contribution in [0.2, 0.25) is 0 Å². The van der Waals surface area contributed by atoms with Gasteiger partial charge >= 0.3 is 5.97 Å². The van der Waals surface area contributed by atoms with Gasteiger partial charge in [-0.2, -0.15) is 0 Å². The summed E-state index contributed by atoms with van der Waals surface area (Å²) in [5.74, 6) is 0.549. The third-order valence-electron chi connectivity index (χ3n) is 2.66. The second kappa shape index (κ2) is 6.07. The van der Waals surface area contributed by atoms with Crippen molar-refractivity contribution in [3.05, 3.63) is 30.3 Å². The molecule has 0 amide bonds. The van der Waals surface area contributed by atoms with E-state index in [4.69, 9.17) is 4.74 Å². The summed E-state index contributed by atoms with van der Waals surface area (Å²) in [7, 11) is 1.44. The van der Waals surface area contributed by atoms with Crippen molar-refractivity contribution in [1.82, 2.24) is 5.32 Å². The average molecular weight is 251 g/mol. The zero-order valence-electron chi connectivity index (χ0n) is 9.89. The Morgan fingerprint density at radius 2 is 2.18 bits per heavy atom. The van der Waals surface area contributed by atoms with Gasteiger partial charge in [0, 0.05) is 16.7 Å². The first kappa shape index (κ1) is 12.5. The van der Waals surface area contributed by atoms with E-state index in [-0.39, 0.29) is 12.0 Å². The Bertz CT molecular complexity index is 365. The third-order valence-corrected chi connectivity index (χ3v) is 3.77. The molecular weight excluding hydrogens is 234 g/mol. The minimum Gasteiger partial charge on any atom is -0.468 e. The maximum absolute atomic E-state index is 11.6. The van der Waals surface area contributed by atoms with Gasteiger partial charge < -0.3 is 10.1 Å². The van der Waals surface area contributed by atoms with Gasteiger partial charge in [-0.25, -0.2) is 0 Å². The second-order valence-electron chi connectivity index (χ2n) is 4.14. The number of ether oxygens (including phenoxy) is 1. The van der Waals surface area contributed by atoms with Crippen molar-refractivity contribution in [2.45, 2.75) is 29.8 Å². The number of hydrogen-bond donors (Lipinski definition) is 1. The fourth-order valence-corrected chi connectivity index (χ4v) is 2.50. The number of nitrogens with one attached hydrogen (secondary N) is 1. The highest BCUT2D eigenvalue weighted by atomic mass is 32.2. The molecule has 2 rings (SSSR count). The van der Waals surface area contributed by atoms with Crippen molar-refractivity contribution in [1.29, 1.82) is 0 Å². The van der Waals surface area contributed by atoms with Crippen LogP contribution in [0.5, 0.6) is 0 Å². The number of esters is 1. The molecule has 1 atom stereocenters. The van der Waals surface area contributed by atoms with E-state index >= 15 is 0 Å². The summed E-state index contributed by atoms with van der Waals surface area (Å²) in [5, 5.41) is 3.32. The van der Waals surface area contributed by atoms with Crippen molar-refractivity contribution >= 4 is 17.7 Å². The smallest absolute Gasteiger partial charge is 0.323 e. The second-order valence-corrected chi connectivity index (χ2v) is 5.23. The predicted molar refractivity (Wildman–Crippen MR) is 69.1 cm³/mol. The molecule has 1 aromatic carbocycles. The molecular formula is C13H17NO2S. The van der Waals surface area contributed by atoms with Gasteiger partial charge in [0.15, 0.2) is 0 Å². The maximum atomic E-state index is 11.6. The van der Waals surface area contributed by atoms with Gasteiger partial charge in [0.1, 0.15) is 6.04 Å². The lowest BCUT2D eigenvalue weighted by Gasteiger charge is -2.15. The van der Waals surface area contributed by atoms with Crippen LogP contribution in [-0.4, -0.2) is 30.9 Å². The van der Waals surface area contributed by atoms with Crippen molar-refractivity contribution < 1.29 is 9.53 Å². The van der Waals surface area contributed by atoms with E-state index in [1.165, 1.54) is 24.8 Å². The molecule has 1 aromatic rings. The van der Waals surface area contributed by atoms with Crippen molar-refractivity contribution in [2.75, 3.05) is 12.9 Å². The zero-order valence-corrected chi connectivity index (χ0v) is 10.7. The van der Waals surface area contributed by atoms with Crippen LogP contribution in [0.15, 0.2) is 35.2 Å². The highest BCUT2D eigenvalue weighted by molar-refractivity contribution is 7.99. The van der Waals surface area contributed by atoms with Crippen LogP contribution in [-0.2, 0) is 9.53 Å². The van der Waals surface area contributed by atoms with E-state index in [1.54, 1.807) is 11.8 Å². The number of benzene rings is 1. The summed E-state index contributed by atoms with van der Waals surface area (Å²) in [6.07, 6.45) is 2.34. The number of methoxy groups -OCH3 is 1. The van der Waals surface area contributed by atoms with Gasteiger partial charge in [0.25, 0.3) is 0 Å². The first-order valence-corrected chi connectivity index (χ1v) is 6.80. The Morgan fingerprint density at radius 3 is 2.76 bits per heavy atom. The minimum atomic E-state index is -0.197. The Balaban J connectivity index is 1.86. The maximum Gasteiger partial charge on any atom is 0.323 e. The molecule has 1 aliphatic rings.